The van der Waals surface area contributed by atoms with Crippen molar-refractivity contribution in [3.8, 4) is 0 Å². The first kappa shape index (κ1) is 58.5. The minimum absolute atomic E-state index is 0.0454. The molecule has 0 radical (unpaired) electrons. The average Bonchev–Trinajstić information content (AvgIpc) is 4.08. The predicted octanol–water partition coefficient (Wildman–Crippen LogP) is 0.697. The van der Waals surface area contributed by atoms with Gasteiger partial charge in [-0.15, -0.1) is 0 Å². The summed E-state index contributed by atoms with van der Waals surface area (Å²) < 4.78 is 0. The monoisotopic (exact) mass is 1030 g/mol. The fourth-order valence-corrected chi connectivity index (χ4v) is 9.90. The lowest BCUT2D eigenvalue weighted by atomic mass is 9.99. The Kier molecular flexibility index (Phi) is 22.4. The smallest absolute Gasteiger partial charge is 0.246 e. The number of benzene rings is 2. The maximum Gasteiger partial charge on any atom is 0.246 e. The van der Waals surface area contributed by atoms with E-state index in [0.717, 1.165) is 11.1 Å². The molecule has 2 aromatic carbocycles. The molecule has 3 fully saturated rings. The first-order chi connectivity index (χ1) is 35.3. The average molecular weight is 1030 g/mol. The summed E-state index contributed by atoms with van der Waals surface area (Å²) in [7, 11) is 0. The largest absolute Gasteiger partial charge is 0.343 e. The maximum atomic E-state index is 14.8. The number of nitrogens with two attached hydrogens (primary N) is 2. The highest BCUT2D eigenvalue weighted by molar-refractivity contribution is 5.99. The summed E-state index contributed by atoms with van der Waals surface area (Å²) >= 11 is 0. The molecule has 0 unspecified atom stereocenters. The van der Waals surface area contributed by atoms with Gasteiger partial charge < -0.3 is 58.5 Å². The second-order valence-corrected chi connectivity index (χ2v) is 21.0. The van der Waals surface area contributed by atoms with Crippen LogP contribution in [0.5, 0.6) is 0 Å². The van der Waals surface area contributed by atoms with Gasteiger partial charge in [0.1, 0.15) is 54.4 Å². The Labute approximate surface area is 435 Å². The highest BCUT2D eigenvalue weighted by Gasteiger charge is 2.43. The van der Waals surface area contributed by atoms with Gasteiger partial charge in [0.05, 0.1) is 0 Å². The number of hydrogen-bond donors (Lipinski definition) is 9. The van der Waals surface area contributed by atoms with Crippen molar-refractivity contribution in [1.29, 1.82) is 0 Å². The van der Waals surface area contributed by atoms with Gasteiger partial charge in [-0.3, -0.25) is 43.2 Å². The number of carbonyl (C=O) groups excluding carboxylic acids is 9. The third-order valence-electron chi connectivity index (χ3n) is 14.0. The topological polar surface area (TPSA) is 296 Å². The molecular weight excluding hydrogens is 947 g/mol. The molecule has 3 heterocycles. The number of amides is 9. The lowest BCUT2D eigenvalue weighted by Gasteiger charge is -2.32. The van der Waals surface area contributed by atoms with Crippen molar-refractivity contribution in [2.24, 2.45) is 29.2 Å². The summed E-state index contributed by atoms with van der Waals surface area (Å²) in [4.78, 5) is 133. The highest BCUT2D eigenvalue weighted by Crippen LogP contribution is 2.23. The van der Waals surface area contributed by atoms with E-state index in [9.17, 15) is 43.2 Å². The molecule has 11 N–H and O–H groups in total. The molecule has 20 heteroatoms. The second-order valence-electron chi connectivity index (χ2n) is 21.0. The first-order valence-electron chi connectivity index (χ1n) is 26.5. The molecule has 406 valence electrons. The summed E-state index contributed by atoms with van der Waals surface area (Å²) in [6, 6.07) is 7.82. The molecule has 5 rings (SSSR count). The van der Waals surface area contributed by atoms with E-state index in [2.05, 4.69) is 37.2 Å². The molecule has 0 bridgehead atoms. The van der Waals surface area contributed by atoms with Crippen molar-refractivity contribution in [2.45, 2.75) is 167 Å². The van der Waals surface area contributed by atoms with E-state index < -0.39 is 119 Å². The molecule has 3 aliphatic heterocycles. The van der Waals surface area contributed by atoms with E-state index in [-0.39, 0.29) is 77.0 Å². The van der Waals surface area contributed by atoms with Crippen LogP contribution in [-0.4, -0.2) is 144 Å². The third-order valence-corrected chi connectivity index (χ3v) is 14.0. The van der Waals surface area contributed by atoms with E-state index >= 15 is 0 Å². The van der Waals surface area contributed by atoms with E-state index in [1.54, 1.807) is 52.0 Å². The summed E-state index contributed by atoms with van der Waals surface area (Å²) in [6.07, 6.45) is 2.56. The summed E-state index contributed by atoms with van der Waals surface area (Å²) in [5.74, 6) is -6.69. The van der Waals surface area contributed by atoms with E-state index in [1.807, 2.05) is 50.2 Å². The quantitative estimate of drug-likeness (QED) is 0.127. The normalized spacial score (nSPS) is 26.6. The molecule has 9 atom stereocenters. The van der Waals surface area contributed by atoms with Gasteiger partial charge in [0.2, 0.25) is 53.2 Å². The van der Waals surface area contributed by atoms with Crippen molar-refractivity contribution in [3.63, 3.8) is 0 Å². The molecule has 0 saturated carbocycles. The molecule has 0 spiro atoms. The number of fused-ring (bicyclic) bond motifs is 2. The number of rotatable bonds is 14. The fraction of sp³-hybridized carbons (Fsp3) is 0.611. The van der Waals surface area contributed by atoms with Crippen molar-refractivity contribution in [1.82, 2.24) is 47.0 Å². The van der Waals surface area contributed by atoms with Crippen molar-refractivity contribution < 1.29 is 43.2 Å². The van der Waals surface area contributed by atoms with Gasteiger partial charge in [0, 0.05) is 25.9 Å². The molecule has 74 heavy (non-hydrogen) atoms. The predicted molar refractivity (Wildman–Crippen MR) is 279 cm³/mol. The first-order valence-corrected chi connectivity index (χ1v) is 26.5. The third kappa shape index (κ3) is 16.3. The van der Waals surface area contributed by atoms with Gasteiger partial charge in [-0.2, -0.15) is 0 Å². The Morgan fingerprint density at radius 2 is 0.811 bits per heavy atom. The number of nitrogens with zero attached hydrogens (tertiary/aromatic N) is 2. The molecule has 0 aliphatic carbocycles. The Morgan fingerprint density at radius 3 is 1.16 bits per heavy atom. The minimum atomic E-state index is -1.19. The van der Waals surface area contributed by atoms with E-state index in [0.29, 0.717) is 25.7 Å². The zero-order valence-electron chi connectivity index (χ0n) is 44.0. The van der Waals surface area contributed by atoms with Crippen LogP contribution in [-0.2, 0) is 56.0 Å². The fourth-order valence-electron chi connectivity index (χ4n) is 9.90. The Bertz CT molecular complexity index is 2250. The van der Waals surface area contributed by atoms with E-state index in [1.165, 1.54) is 9.80 Å². The molecule has 3 aliphatic rings. The zero-order chi connectivity index (χ0) is 54.1. The van der Waals surface area contributed by atoms with Crippen LogP contribution in [0.25, 0.3) is 0 Å². The lowest BCUT2D eigenvalue weighted by molar-refractivity contribution is -0.143. The van der Waals surface area contributed by atoms with Crippen LogP contribution in [0.15, 0.2) is 60.7 Å². The van der Waals surface area contributed by atoms with Crippen LogP contribution in [0.1, 0.15) is 110 Å². The van der Waals surface area contributed by atoms with Gasteiger partial charge >= 0.3 is 0 Å². The van der Waals surface area contributed by atoms with Crippen LogP contribution in [0.2, 0.25) is 0 Å². The lowest BCUT2D eigenvalue weighted by Crippen LogP contribution is -2.61. The molecule has 2 aromatic rings. The van der Waals surface area contributed by atoms with Gasteiger partial charge in [0.15, 0.2) is 0 Å². The molecule has 0 aromatic heterocycles. The summed E-state index contributed by atoms with van der Waals surface area (Å²) in [5.41, 5.74) is 13.3. The Balaban J connectivity index is 1.57. The highest BCUT2D eigenvalue weighted by atomic mass is 16.2. The van der Waals surface area contributed by atoms with Crippen LogP contribution >= 0.6 is 0 Å². The van der Waals surface area contributed by atoms with E-state index in [4.69, 9.17) is 11.5 Å². The molecule has 3 saturated heterocycles. The van der Waals surface area contributed by atoms with Crippen LogP contribution in [0.4, 0.5) is 0 Å². The number of nitrogens with one attached hydrogen (secondary N) is 7. The minimum Gasteiger partial charge on any atom is -0.343 e. The van der Waals surface area contributed by atoms with Crippen LogP contribution < -0.4 is 48.7 Å². The van der Waals surface area contributed by atoms with Gasteiger partial charge in [0.25, 0.3) is 0 Å². The molecule has 9 amide bonds. The van der Waals surface area contributed by atoms with Crippen LogP contribution in [0.3, 0.4) is 0 Å². The second kappa shape index (κ2) is 28.3. The van der Waals surface area contributed by atoms with Crippen molar-refractivity contribution >= 4 is 53.2 Å². The summed E-state index contributed by atoms with van der Waals surface area (Å²) in [5, 5.41) is 20.0. The summed E-state index contributed by atoms with van der Waals surface area (Å²) in [6.45, 7) is 11.5. The van der Waals surface area contributed by atoms with Gasteiger partial charge in [-0.25, -0.2) is 0 Å². The molecular formula is C54H81N11O9. The Morgan fingerprint density at radius 1 is 0.459 bits per heavy atom. The zero-order valence-corrected chi connectivity index (χ0v) is 44.0. The number of carbonyl (C=O) groups is 9. The maximum absolute atomic E-state index is 14.8. The SMILES string of the molecule is CC(C)C[C@@H]1NC(=O)[C@H](CCCN)NC(=O)[C@H](C(C)C)NC(=O)[C@@H]2CCCN2C(=O)[C@@H](Cc2ccccc2)NC(=O)[C@H](CCCN)NC(=O)[C@H](C(C)C)NC(=O)[C@@H]2CCCN2C(=O)[C@@H](Cc2ccccc2)NC1=O. The van der Waals surface area contributed by atoms with Crippen molar-refractivity contribution in [3.05, 3.63) is 71.8 Å². The van der Waals surface area contributed by atoms with Gasteiger partial charge in [-0.05, 0) is 99.8 Å². The number of hydrogen-bond acceptors (Lipinski definition) is 11. The Hall–Kier alpha value is -6.41. The van der Waals surface area contributed by atoms with Crippen LogP contribution in [0, 0.1) is 17.8 Å². The van der Waals surface area contributed by atoms with Crippen molar-refractivity contribution in [2.75, 3.05) is 26.2 Å². The van der Waals surface area contributed by atoms with Gasteiger partial charge in [-0.1, -0.05) is 102 Å². The standard InChI is InChI=1S/C54H81N11O9/c1-32(2)29-39-48(68)61-41(31-36-19-11-8-12-20-36)54(74)65-28-16-24-43(65)50(70)63-45(34(5)6)52(72)58-38(22-14-26-56)47(67)60-40(30-35-17-9-7-10-18-35)53(73)64-27-15-23-42(64)49(69)62-44(33(3)4)51(71)57-37(21-13-25-55)46(66)59-39/h7-12,17-20,32-34,37-45H,13-16,21-31,55-56H2,1-6H3,(H,57,71)(H,58,72)(H,59,66)(H,60,67)(H,61,68)(H,62,69)(H,63,70)/t37-,38-,39-,40+,41+,42-,43-,44-,45-/m0/s1. The molecule has 20 nitrogen and oxygen atoms in total.